The zero-order valence-corrected chi connectivity index (χ0v) is 35.4. The van der Waals surface area contributed by atoms with Crippen molar-refractivity contribution in [2.45, 2.75) is 36.7 Å². The molecule has 0 bridgehead atoms. The first-order chi connectivity index (χ1) is 29.6. The van der Waals surface area contributed by atoms with Crippen LogP contribution >= 0.6 is 0 Å². The molecule has 61 heavy (non-hydrogen) atoms. The van der Waals surface area contributed by atoms with E-state index in [1.807, 2.05) is 176 Å². The van der Waals surface area contributed by atoms with Gasteiger partial charge in [0.25, 0.3) is 20.0 Å². The fourth-order valence-electron chi connectivity index (χ4n) is 7.12. The second kappa shape index (κ2) is 17.7. The van der Waals surface area contributed by atoms with Crippen LogP contribution in [0.2, 0.25) is 0 Å². The predicted octanol–water partition coefficient (Wildman–Crippen LogP) is 11.1. The van der Waals surface area contributed by atoms with Crippen LogP contribution < -0.4 is 4.31 Å². The molecule has 8 rings (SSSR count). The monoisotopic (exact) mass is 840 g/mol. The van der Waals surface area contributed by atoms with Gasteiger partial charge in [-0.2, -0.15) is 0 Å². The molecule has 8 nitrogen and oxygen atoms in total. The van der Waals surface area contributed by atoms with Gasteiger partial charge in [-0.15, -0.1) is 0 Å². The molecule has 0 aliphatic carbocycles. The minimum absolute atomic E-state index is 0.0545. The Morgan fingerprint density at radius 2 is 0.934 bits per heavy atom. The maximum absolute atomic E-state index is 15.4. The van der Waals surface area contributed by atoms with Crippen LogP contribution in [-0.2, 0) is 33.1 Å². The summed E-state index contributed by atoms with van der Waals surface area (Å²) >= 11 is 0. The molecule has 0 saturated carbocycles. The van der Waals surface area contributed by atoms with Crippen LogP contribution in [0.4, 0.5) is 5.82 Å². The number of sulfonamides is 2. The number of rotatable bonds is 14. The molecule has 304 valence electrons. The third-order valence-corrected chi connectivity index (χ3v) is 13.8. The molecule has 0 atom stereocenters. The molecule has 1 heterocycles. The summed E-state index contributed by atoms with van der Waals surface area (Å²) in [5.74, 6) is 0.700. The zero-order valence-electron chi connectivity index (χ0n) is 33.8. The van der Waals surface area contributed by atoms with E-state index in [-0.39, 0.29) is 34.5 Å². The smallest absolute Gasteiger partial charge is 0.265 e. The van der Waals surface area contributed by atoms with Crippen LogP contribution in [0.3, 0.4) is 0 Å². The lowest BCUT2D eigenvalue weighted by Gasteiger charge is -2.30. The Hall–Kier alpha value is -7.01. The minimum Gasteiger partial charge on any atom is -0.275 e. The summed E-state index contributed by atoms with van der Waals surface area (Å²) in [6.07, 6.45) is 1.83. The first kappa shape index (κ1) is 40.8. The van der Waals surface area contributed by atoms with E-state index in [4.69, 9.17) is 4.98 Å². The van der Waals surface area contributed by atoms with Gasteiger partial charge in [0.15, 0.2) is 5.82 Å². The average molecular weight is 841 g/mol. The van der Waals surface area contributed by atoms with Gasteiger partial charge in [-0.3, -0.25) is 4.57 Å². The molecule has 8 aromatic rings. The van der Waals surface area contributed by atoms with Gasteiger partial charge < -0.3 is 0 Å². The van der Waals surface area contributed by atoms with Crippen molar-refractivity contribution in [3.63, 3.8) is 0 Å². The molecular weight excluding hydrogens is 797 g/mol. The van der Waals surface area contributed by atoms with Crippen molar-refractivity contribution in [1.29, 1.82) is 0 Å². The fraction of sp³-hybridized carbons (Fsp3) is 0.0784. The predicted molar refractivity (Wildman–Crippen MR) is 245 cm³/mol. The summed E-state index contributed by atoms with van der Waals surface area (Å²) in [5, 5.41) is 0. The normalized spacial score (nSPS) is 11.9. The number of imidazole rings is 1. The fourth-order valence-corrected chi connectivity index (χ4v) is 9.97. The van der Waals surface area contributed by atoms with E-state index in [2.05, 4.69) is 0 Å². The van der Waals surface area contributed by atoms with E-state index in [0.717, 1.165) is 27.8 Å². The molecule has 0 spiro atoms. The van der Waals surface area contributed by atoms with Gasteiger partial charge >= 0.3 is 0 Å². The van der Waals surface area contributed by atoms with E-state index < -0.39 is 20.0 Å². The van der Waals surface area contributed by atoms with Crippen molar-refractivity contribution in [3.05, 3.63) is 228 Å². The molecule has 1 aromatic heterocycles. The summed E-state index contributed by atoms with van der Waals surface area (Å²) in [7, 11) is -8.64. The zero-order chi connectivity index (χ0) is 42.4. The lowest BCUT2D eigenvalue weighted by Crippen LogP contribution is -2.33. The lowest BCUT2D eigenvalue weighted by molar-refractivity contribution is 0.496. The van der Waals surface area contributed by atoms with Crippen molar-refractivity contribution in [2.75, 3.05) is 4.31 Å². The summed E-state index contributed by atoms with van der Waals surface area (Å²) in [5.41, 5.74) is 5.67. The Kier molecular flexibility index (Phi) is 11.8. The average Bonchev–Trinajstić information content (AvgIpc) is 3.68. The number of aryl methyl sites for hydroxylation is 2. The van der Waals surface area contributed by atoms with Gasteiger partial charge in [-0.05, 0) is 60.9 Å². The van der Waals surface area contributed by atoms with Crippen molar-refractivity contribution in [3.8, 4) is 22.6 Å². The van der Waals surface area contributed by atoms with Gasteiger partial charge in [0.1, 0.15) is 11.6 Å². The van der Waals surface area contributed by atoms with Crippen molar-refractivity contribution in [2.24, 2.45) is 0 Å². The van der Waals surface area contributed by atoms with Gasteiger partial charge in [-0.1, -0.05) is 187 Å². The number of anilines is 1. The summed E-state index contributed by atoms with van der Waals surface area (Å²) in [4.78, 5) is 5.52. The van der Waals surface area contributed by atoms with E-state index in [1.165, 1.54) is 8.61 Å². The molecule has 0 aliphatic rings. The molecular formula is C51H44N4O4S2. The maximum Gasteiger partial charge on any atom is 0.265 e. The summed E-state index contributed by atoms with van der Waals surface area (Å²) in [6.45, 7) is 3.71. The SMILES string of the molecule is Cc1ccc(S(=O)(=O)N(Cc2ccccc2)/C(=C\c2ccccc2)n2c(-c3ccccc3)nc(N(Cc3ccccc3)S(=O)(=O)c3ccc(C)cc3)c2-c2ccccc2)cc1. The number of hydrogen-bond acceptors (Lipinski definition) is 5. The highest BCUT2D eigenvalue weighted by molar-refractivity contribution is 7.92. The maximum atomic E-state index is 15.4. The van der Waals surface area contributed by atoms with E-state index >= 15 is 16.8 Å². The Labute approximate surface area is 358 Å². The van der Waals surface area contributed by atoms with Gasteiger partial charge in [0.2, 0.25) is 0 Å². The lowest BCUT2D eigenvalue weighted by atomic mass is 10.1. The molecule has 0 unspecified atom stereocenters. The molecule has 0 saturated heterocycles. The van der Waals surface area contributed by atoms with E-state index in [9.17, 15) is 0 Å². The largest absolute Gasteiger partial charge is 0.275 e. The number of nitrogens with zero attached hydrogens (tertiary/aromatic N) is 4. The van der Waals surface area contributed by atoms with Crippen LogP contribution in [0.15, 0.2) is 210 Å². The van der Waals surface area contributed by atoms with Crippen LogP contribution in [-0.4, -0.2) is 30.7 Å². The Bertz CT molecular complexity index is 2980. The second-order valence-corrected chi connectivity index (χ2v) is 18.4. The minimum atomic E-state index is -4.33. The third kappa shape index (κ3) is 8.82. The molecule has 10 heteroatoms. The van der Waals surface area contributed by atoms with Crippen molar-refractivity contribution in [1.82, 2.24) is 13.9 Å². The first-order valence-corrected chi connectivity index (χ1v) is 22.7. The van der Waals surface area contributed by atoms with Crippen LogP contribution in [0.1, 0.15) is 27.8 Å². The van der Waals surface area contributed by atoms with Gasteiger partial charge in [-0.25, -0.2) is 30.4 Å². The third-order valence-electron chi connectivity index (χ3n) is 10.3. The highest BCUT2D eigenvalue weighted by Gasteiger charge is 2.37. The second-order valence-electron chi connectivity index (χ2n) is 14.7. The summed E-state index contributed by atoms with van der Waals surface area (Å²) in [6, 6.07) is 60.8. The quantitative estimate of drug-likeness (QED) is 0.109. The van der Waals surface area contributed by atoms with Crippen molar-refractivity contribution < 1.29 is 16.8 Å². The highest BCUT2D eigenvalue weighted by atomic mass is 32.2. The number of hydrogen-bond donors (Lipinski definition) is 0. The number of benzene rings is 7. The van der Waals surface area contributed by atoms with Gasteiger partial charge in [0, 0.05) is 11.1 Å². The molecule has 0 N–H and O–H groups in total. The van der Waals surface area contributed by atoms with E-state index in [0.29, 0.717) is 22.6 Å². The van der Waals surface area contributed by atoms with Crippen LogP contribution in [0.25, 0.3) is 34.5 Å². The van der Waals surface area contributed by atoms with Crippen molar-refractivity contribution >= 4 is 37.8 Å². The van der Waals surface area contributed by atoms with Gasteiger partial charge in [0.05, 0.1) is 28.6 Å². The number of aromatic nitrogens is 2. The Balaban J connectivity index is 1.52. The summed E-state index contributed by atoms with van der Waals surface area (Å²) < 4.78 is 66.0. The Morgan fingerprint density at radius 3 is 1.44 bits per heavy atom. The highest BCUT2D eigenvalue weighted by Crippen LogP contribution is 2.43. The molecule has 0 aliphatic heterocycles. The molecule has 0 radical (unpaired) electrons. The molecule has 7 aromatic carbocycles. The van der Waals surface area contributed by atoms with E-state index in [1.54, 1.807) is 48.5 Å². The first-order valence-electron chi connectivity index (χ1n) is 19.9. The topological polar surface area (TPSA) is 92.6 Å². The molecule has 0 amide bonds. The van der Waals surface area contributed by atoms with Crippen LogP contribution in [0, 0.1) is 13.8 Å². The standard InChI is InChI=1S/C51H44N4O4S2/c1-39-28-32-46(33-29-39)60(56,57)53(37-42-20-10-4-11-21-42)48(36-41-18-8-3-9-19-41)55-49(44-24-14-6-15-25-44)51(52-50(55)45-26-16-7-17-27-45)54(38-43-22-12-5-13-23-43)61(58,59)47-34-30-40(2)31-35-47/h3-36H,37-38H2,1-2H3/b48-36+. The van der Waals surface area contributed by atoms with Crippen LogP contribution in [0.5, 0.6) is 0 Å². The molecule has 0 fully saturated rings. The Morgan fingerprint density at radius 1 is 0.508 bits per heavy atom.